The minimum atomic E-state index is -0.664. The van der Waals surface area contributed by atoms with E-state index in [1.807, 2.05) is 25.2 Å². The number of carbonyl (C=O) groups is 3. The number of likely N-dealkylation sites (tertiary alicyclic amines) is 1. The van der Waals surface area contributed by atoms with Crippen LogP contribution in [-0.2, 0) is 22.7 Å². The molecule has 0 spiro atoms. The Labute approximate surface area is 170 Å². The molecule has 8 heteroatoms. The van der Waals surface area contributed by atoms with Crippen molar-refractivity contribution in [2.75, 3.05) is 26.7 Å². The van der Waals surface area contributed by atoms with Crippen LogP contribution in [0.4, 0.5) is 0 Å². The molecule has 3 amide bonds. The van der Waals surface area contributed by atoms with Crippen LogP contribution in [0, 0.1) is 0 Å². The van der Waals surface area contributed by atoms with Gasteiger partial charge in [0.2, 0.25) is 11.8 Å². The Morgan fingerprint density at radius 2 is 2.00 bits per heavy atom. The second-order valence-corrected chi connectivity index (χ2v) is 8.38. The highest BCUT2D eigenvalue weighted by atomic mass is 16.3. The van der Waals surface area contributed by atoms with Crippen LogP contribution in [0.5, 0.6) is 0 Å². The number of fused-ring (bicyclic) bond motifs is 1. The molecule has 1 atom stereocenters. The maximum absolute atomic E-state index is 13.2. The van der Waals surface area contributed by atoms with Crippen molar-refractivity contribution in [2.45, 2.75) is 50.4 Å². The lowest BCUT2D eigenvalue weighted by atomic mass is 9.91. The molecule has 2 fully saturated rings. The van der Waals surface area contributed by atoms with Gasteiger partial charge in [-0.3, -0.25) is 24.6 Å². The van der Waals surface area contributed by atoms with Crippen molar-refractivity contribution in [3.63, 3.8) is 0 Å². The Hall–Kier alpha value is -2.29. The first-order chi connectivity index (χ1) is 13.9. The number of rotatable bonds is 5. The van der Waals surface area contributed by atoms with Crippen molar-refractivity contribution in [3.8, 4) is 0 Å². The average Bonchev–Trinajstić information content (AvgIpc) is 3.01. The van der Waals surface area contributed by atoms with E-state index in [9.17, 15) is 19.5 Å². The lowest BCUT2D eigenvalue weighted by molar-refractivity contribution is -0.136. The Kier molecular flexibility index (Phi) is 5.42. The molecule has 29 heavy (non-hydrogen) atoms. The molecule has 0 bridgehead atoms. The van der Waals surface area contributed by atoms with Crippen LogP contribution in [0.3, 0.4) is 0 Å². The summed E-state index contributed by atoms with van der Waals surface area (Å²) in [5, 5.41) is 16.0. The van der Waals surface area contributed by atoms with Crippen LogP contribution in [0.25, 0.3) is 0 Å². The first-order valence-electron chi connectivity index (χ1n) is 10.2. The highest BCUT2D eigenvalue weighted by Crippen LogP contribution is 2.31. The van der Waals surface area contributed by atoms with Gasteiger partial charge < -0.3 is 15.3 Å². The molecule has 1 aromatic rings. The number of amides is 3. The molecule has 1 unspecified atom stereocenters. The summed E-state index contributed by atoms with van der Waals surface area (Å²) in [4.78, 5) is 40.7. The molecular weight excluding hydrogens is 372 g/mol. The zero-order valence-corrected chi connectivity index (χ0v) is 16.7. The summed E-state index contributed by atoms with van der Waals surface area (Å²) >= 11 is 0. The maximum Gasteiger partial charge on any atom is 0.255 e. The van der Waals surface area contributed by atoms with Crippen molar-refractivity contribution in [1.82, 2.24) is 20.4 Å². The molecule has 3 aliphatic rings. The van der Waals surface area contributed by atoms with Gasteiger partial charge in [-0.2, -0.15) is 0 Å². The number of nitrogens with zero attached hydrogens (tertiary/aromatic N) is 2. The van der Waals surface area contributed by atoms with E-state index in [0.29, 0.717) is 44.5 Å². The number of aliphatic hydroxyl groups is 1. The smallest absolute Gasteiger partial charge is 0.255 e. The summed E-state index contributed by atoms with van der Waals surface area (Å²) in [6.45, 7) is 3.17. The van der Waals surface area contributed by atoms with Crippen LogP contribution in [-0.4, -0.2) is 71.0 Å². The van der Waals surface area contributed by atoms with Crippen LogP contribution in [0.1, 0.15) is 47.2 Å². The Balaban J connectivity index is 1.47. The lowest BCUT2D eigenvalue weighted by Crippen LogP contribution is -2.52. The number of hydrogen-bond acceptors (Lipinski definition) is 6. The second-order valence-electron chi connectivity index (χ2n) is 8.38. The van der Waals surface area contributed by atoms with Gasteiger partial charge in [0.15, 0.2) is 0 Å². The summed E-state index contributed by atoms with van der Waals surface area (Å²) in [6, 6.07) is 5.27. The fourth-order valence-electron chi connectivity index (χ4n) is 4.70. The molecule has 4 rings (SSSR count). The average molecular weight is 400 g/mol. The maximum atomic E-state index is 13.2. The summed E-state index contributed by atoms with van der Waals surface area (Å²) < 4.78 is 0. The first kappa shape index (κ1) is 20.0. The summed E-state index contributed by atoms with van der Waals surface area (Å²) in [6.07, 6.45) is 2.01. The van der Waals surface area contributed by atoms with Gasteiger partial charge in [0, 0.05) is 44.7 Å². The third kappa shape index (κ3) is 3.92. The van der Waals surface area contributed by atoms with E-state index in [1.165, 1.54) is 0 Å². The van der Waals surface area contributed by atoms with E-state index >= 15 is 0 Å². The van der Waals surface area contributed by atoms with Crippen molar-refractivity contribution >= 4 is 17.7 Å². The first-order valence-corrected chi connectivity index (χ1v) is 10.2. The zero-order valence-electron chi connectivity index (χ0n) is 16.7. The van der Waals surface area contributed by atoms with E-state index in [1.54, 1.807) is 4.90 Å². The Morgan fingerprint density at radius 1 is 1.24 bits per heavy atom. The monoisotopic (exact) mass is 400 g/mol. The van der Waals surface area contributed by atoms with Crippen LogP contribution in [0.15, 0.2) is 18.2 Å². The standard InChI is InChI=1S/C21H28N4O4/c1-22-13-21(29)7-9-24(10-8-21)11-14-3-2-4-15-12-25(20(28)18(14)15)16-5-6-17(26)23-19(16)27/h2-4,16,22,29H,5-13H2,1H3,(H,23,26,27). The Bertz CT molecular complexity index is 832. The summed E-state index contributed by atoms with van der Waals surface area (Å²) in [7, 11) is 1.84. The summed E-state index contributed by atoms with van der Waals surface area (Å²) in [5.74, 6) is -0.794. The van der Waals surface area contributed by atoms with E-state index in [2.05, 4.69) is 15.5 Å². The molecule has 3 aliphatic heterocycles. The predicted molar refractivity (Wildman–Crippen MR) is 106 cm³/mol. The van der Waals surface area contributed by atoms with Gasteiger partial charge >= 0.3 is 0 Å². The fraction of sp³-hybridized carbons (Fsp3) is 0.571. The van der Waals surface area contributed by atoms with Crippen molar-refractivity contribution < 1.29 is 19.5 Å². The number of nitrogens with one attached hydrogen (secondary N) is 2. The van der Waals surface area contributed by atoms with E-state index in [4.69, 9.17) is 0 Å². The largest absolute Gasteiger partial charge is 0.388 e. The van der Waals surface area contributed by atoms with Crippen molar-refractivity contribution in [3.05, 3.63) is 34.9 Å². The highest BCUT2D eigenvalue weighted by Gasteiger charge is 2.40. The predicted octanol–water partition coefficient (Wildman–Crippen LogP) is -0.00610. The quantitative estimate of drug-likeness (QED) is 0.601. The summed E-state index contributed by atoms with van der Waals surface area (Å²) in [5.41, 5.74) is 1.91. The number of carbonyl (C=O) groups excluding carboxylic acids is 3. The Morgan fingerprint density at radius 3 is 2.69 bits per heavy atom. The van der Waals surface area contributed by atoms with Crippen molar-refractivity contribution in [1.29, 1.82) is 0 Å². The van der Waals surface area contributed by atoms with Crippen molar-refractivity contribution in [2.24, 2.45) is 0 Å². The van der Waals surface area contributed by atoms with Gasteiger partial charge in [-0.15, -0.1) is 0 Å². The van der Waals surface area contributed by atoms with Gasteiger partial charge in [-0.25, -0.2) is 0 Å². The molecule has 2 saturated heterocycles. The molecule has 1 aromatic carbocycles. The van der Waals surface area contributed by atoms with Crippen LogP contribution < -0.4 is 10.6 Å². The third-order valence-electron chi connectivity index (χ3n) is 6.33. The topological polar surface area (TPSA) is 102 Å². The van der Waals surface area contributed by atoms with Gasteiger partial charge in [0.25, 0.3) is 5.91 Å². The highest BCUT2D eigenvalue weighted by molar-refractivity contribution is 6.05. The molecule has 8 nitrogen and oxygen atoms in total. The second kappa shape index (κ2) is 7.85. The number of piperidine rings is 2. The molecule has 3 N–H and O–H groups in total. The zero-order chi connectivity index (χ0) is 20.6. The molecule has 0 aromatic heterocycles. The molecule has 156 valence electrons. The number of likely N-dealkylation sites (N-methyl/N-ethyl adjacent to an activating group) is 1. The molecule has 0 saturated carbocycles. The van der Waals surface area contributed by atoms with E-state index < -0.39 is 11.6 Å². The fourth-order valence-corrected chi connectivity index (χ4v) is 4.70. The molecular formula is C21H28N4O4. The molecule has 0 radical (unpaired) electrons. The normalized spacial score (nSPS) is 24.6. The van der Waals surface area contributed by atoms with Gasteiger partial charge in [-0.1, -0.05) is 18.2 Å². The van der Waals surface area contributed by atoms with Gasteiger partial charge in [0.05, 0.1) is 5.60 Å². The van der Waals surface area contributed by atoms with E-state index in [-0.39, 0.29) is 24.1 Å². The van der Waals surface area contributed by atoms with E-state index in [0.717, 1.165) is 24.2 Å². The minimum absolute atomic E-state index is 0.131. The number of benzene rings is 1. The molecule has 3 heterocycles. The van der Waals surface area contributed by atoms with Gasteiger partial charge in [-0.05, 0) is 37.4 Å². The SMILES string of the molecule is CNCC1(O)CCN(Cc2cccc3c2C(=O)N(C2CCC(=O)NC2=O)C3)CC1. The van der Waals surface area contributed by atoms with Gasteiger partial charge in [0.1, 0.15) is 6.04 Å². The minimum Gasteiger partial charge on any atom is -0.388 e. The molecule has 0 aliphatic carbocycles. The van der Waals surface area contributed by atoms with Crippen LogP contribution in [0.2, 0.25) is 0 Å². The third-order valence-corrected chi connectivity index (χ3v) is 6.33. The lowest BCUT2D eigenvalue weighted by Gasteiger charge is -2.38. The van der Waals surface area contributed by atoms with Crippen LogP contribution >= 0.6 is 0 Å². The number of imide groups is 1. The number of hydrogen-bond donors (Lipinski definition) is 3.